The second kappa shape index (κ2) is 10.9. The maximum Gasteiger partial charge on any atom is 0.295 e. The molecule has 2 aromatic rings. The number of hydrogen-bond donors (Lipinski definition) is 1. The summed E-state index contributed by atoms with van der Waals surface area (Å²) in [6.07, 6.45) is 0.518. The first-order chi connectivity index (χ1) is 16.4. The monoisotopic (exact) mass is 471 g/mol. The molecule has 1 atom stereocenters. The van der Waals surface area contributed by atoms with Crippen LogP contribution in [0.15, 0.2) is 42.0 Å². The lowest BCUT2D eigenvalue weighted by molar-refractivity contribution is -0.140. The van der Waals surface area contributed by atoms with Crippen molar-refractivity contribution >= 4 is 17.4 Å². The number of methoxy groups -OCH3 is 5. The zero-order valence-electron chi connectivity index (χ0n) is 19.9. The summed E-state index contributed by atoms with van der Waals surface area (Å²) in [5.74, 6) is 0.00542. The number of carbonyl (C=O) groups excluding carboxylic acids is 2. The number of ketones is 1. The van der Waals surface area contributed by atoms with Crippen LogP contribution in [0.3, 0.4) is 0 Å². The van der Waals surface area contributed by atoms with Gasteiger partial charge in [0.05, 0.1) is 40.1 Å². The highest BCUT2D eigenvalue weighted by Crippen LogP contribution is 2.42. The molecule has 34 heavy (non-hydrogen) atoms. The molecule has 3 rings (SSSR count). The fourth-order valence-electron chi connectivity index (χ4n) is 4.00. The largest absolute Gasteiger partial charge is 0.507 e. The number of aliphatic hydroxyl groups is 1. The molecule has 2 aromatic carbocycles. The summed E-state index contributed by atoms with van der Waals surface area (Å²) in [6.45, 7) is 0.678. The molecule has 1 saturated heterocycles. The van der Waals surface area contributed by atoms with E-state index in [1.165, 1.54) is 33.3 Å². The van der Waals surface area contributed by atoms with Crippen molar-refractivity contribution in [1.82, 2.24) is 4.90 Å². The van der Waals surface area contributed by atoms with Crippen LogP contribution in [0.1, 0.15) is 23.6 Å². The number of Topliss-reactive ketones (excluding diaryl/α,β-unsaturated/α-hetero) is 1. The van der Waals surface area contributed by atoms with E-state index in [1.54, 1.807) is 43.5 Å². The average molecular weight is 472 g/mol. The van der Waals surface area contributed by atoms with Crippen LogP contribution < -0.4 is 18.9 Å². The summed E-state index contributed by atoms with van der Waals surface area (Å²) in [4.78, 5) is 27.6. The molecule has 0 aromatic heterocycles. The van der Waals surface area contributed by atoms with E-state index in [9.17, 15) is 14.7 Å². The molecule has 9 heteroatoms. The highest BCUT2D eigenvalue weighted by Gasteiger charge is 2.46. The van der Waals surface area contributed by atoms with Crippen molar-refractivity contribution < 1.29 is 38.4 Å². The Morgan fingerprint density at radius 3 is 2.03 bits per heavy atom. The molecular formula is C25H29NO8. The maximum atomic E-state index is 13.1. The highest BCUT2D eigenvalue weighted by atomic mass is 16.5. The van der Waals surface area contributed by atoms with E-state index in [-0.39, 0.29) is 17.9 Å². The minimum Gasteiger partial charge on any atom is -0.507 e. The van der Waals surface area contributed by atoms with Gasteiger partial charge in [-0.15, -0.1) is 0 Å². The van der Waals surface area contributed by atoms with Gasteiger partial charge in [-0.1, -0.05) is 6.07 Å². The van der Waals surface area contributed by atoms with Gasteiger partial charge in [0.1, 0.15) is 5.76 Å². The summed E-state index contributed by atoms with van der Waals surface area (Å²) < 4.78 is 26.4. The van der Waals surface area contributed by atoms with Gasteiger partial charge in [-0.3, -0.25) is 9.59 Å². The van der Waals surface area contributed by atoms with Gasteiger partial charge in [-0.2, -0.15) is 0 Å². The molecule has 182 valence electrons. The van der Waals surface area contributed by atoms with Crippen LogP contribution in [0.5, 0.6) is 23.0 Å². The normalized spacial score (nSPS) is 17.1. The van der Waals surface area contributed by atoms with Crippen LogP contribution in [-0.2, 0) is 14.3 Å². The summed E-state index contributed by atoms with van der Waals surface area (Å²) in [6, 6.07) is 9.07. The van der Waals surface area contributed by atoms with Crippen molar-refractivity contribution in [2.75, 3.05) is 48.7 Å². The molecule has 1 amide bonds. The standard InChI is InChI=1S/C25H29NO8/c1-30-12-6-11-26-22(15-7-9-17(31-2)19(13-15)33-4)21(24(28)25(26)29)23(27)16-8-10-18(32-3)20(14-16)34-5/h7-10,13-14,22,27H,6,11-12H2,1-5H3/b23-21-. The van der Waals surface area contributed by atoms with Gasteiger partial charge < -0.3 is 33.7 Å². The third-order valence-electron chi connectivity index (χ3n) is 5.67. The number of ether oxygens (including phenoxy) is 5. The molecule has 0 bridgehead atoms. The lowest BCUT2D eigenvalue weighted by Crippen LogP contribution is -2.31. The molecule has 1 heterocycles. The second-order valence-electron chi connectivity index (χ2n) is 7.52. The predicted molar refractivity (Wildman–Crippen MR) is 125 cm³/mol. The fraction of sp³-hybridized carbons (Fsp3) is 0.360. The Kier molecular flexibility index (Phi) is 8.01. The smallest absolute Gasteiger partial charge is 0.295 e. The van der Waals surface area contributed by atoms with E-state index < -0.39 is 17.7 Å². The number of hydrogen-bond acceptors (Lipinski definition) is 8. The third kappa shape index (κ3) is 4.65. The Balaban J connectivity index is 2.18. The Hall–Kier alpha value is -3.72. The number of carbonyl (C=O) groups is 2. The van der Waals surface area contributed by atoms with Crippen LogP contribution in [0, 0.1) is 0 Å². The van der Waals surface area contributed by atoms with Gasteiger partial charge in [-0.25, -0.2) is 0 Å². The van der Waals surface area contributed by atoms with Crippen LogP contribution >= 0.6 is 0 Å². The number of benzene rings is 2. The zero-order chi connectivity index (χ0) is 24.8. The van der Waals surface area contributed by atoms with Crippen molar-refractivity contribution in [1.29, 1.82) is 0 Å². The molecule has 1 fully saturated rings. The number of amides is 1. The first kappa shape index (κ1) is 24.9. The Bertz CT molecular complexity index is 1090. The molecule has 9 nitrogen and oxygen atoms in total. The lowest BCUT2D eigenvalue weighted by Gasteiger charge is -2.26. The van der Waals surface area contributed by atoms with Crippen LogP contribution in [0.4, 0.5) is 0 Å². The van der Waals surface area contributed by atoms with E-state index in [1.807, 2.05) is 0 Å². The lowest BCUT2D eigenvalue weighted by atomic mass is 9.94. The topological polar surface area (TPSA) is 104 Å². The summed E-state index contributed by atoms with van der Waals surface area (Å²) in [5.41, 5.74) is 0.885. The molecule has 0 aliphatic carbocycles. The first-order valence-electron chi connectivity index (χ1n) is 10.6. The van der Waals surface area contributed by atoms with Crippen molar-refractivity contribution in [3.05, 3.63) is 53.1 Å². The van der Waals surface area contributed by atoms with Crippen molar-refractivity contribution in [3.63, 3.8) is 0 Å². The molecule has 1 N–H and O–H groups in total. The minimum atomic E-state index is -0.829. The Labute approximate surface area is 198 Å². The Morgan fingerprint density at radius 2 is 1.44 bits per heavy atom. The third-order valence-corrected chi connectivity index (χ3v) is 5.67. The van der Waals surface area contributed by atoms with E-state index in [0.29, 0.717) is 47.2 Å². The van der Waals surface area contributed by atoms with E-state index in [4.69, 9.17) is 23.7 Å². The highest BCUT2D eigenvalue weighted by molar-refractivity contribution is 6.46. The average Bonchev–Trinajstić information content (AvgIpc) is 3.12. The van der Waals surface area contributed by atoms with E-state index >= 15 is 0 Å². The number of likely N-dealkylation sites (tertiary alicyclic amines) is 1. The number of rotatable bonds is 10. The van der Waals surface area contributed by atoms with E-state index in [2.05, 4.69) is 0 Å². The summed E-state index contributed by atoms with van der Waals surface area (Å²) in [7, 11) is 7.56. The van der Waals surface area contributed by atoms with Crippen molar-refractivity contribution in [3.8, 4) is 23.0 Å². The second-order valence-corrected chi connectivity index (χ2v) is 7.52. The van der Waals surface area contributed by atoms with Gasteiger partial charge in [0.25, 0.3) is 11.7 Å². The van der Waals surface area contributed by atoms with Gasteiger partial charge in [0.15, 0.2) is 23.0 Å². The SMILES string of the molecule is COCCCN1C(=O)C(=O)/C(=C(\O)c2ccc(OC)c(OC)c2)C1c1ccc(OC)c(OC)c1. The van der Waals surface area contributed by atoms with Crippen LogP contribution in [-0.4, -0.2) is 70.4 Å². The molecule has 1 aliphatic rings. The number of nitrogens with zero attached hydrogens (tertiary/aromatic N) is 1. The van der Waals surface area contributed by atoms with Gasteiger partial charge in [-0.05, 0) is 42.3 Å². The Morgan fingerprint density at radius 1 is 0.853 bits per heavy atom. The predicted octanol–water partition coefficient (Wildman–Crippen LogP) is 3.18. The van der Waals surface area contributed by atoms with Gasteiger partial charge >= 0.3 is 0 Å². The van der Waals surface area contributed by atoms with Crippen LogP contribution in [0.25, 0.3) is 5.76 Å². The zero-order valence-corrected chi connectivity index (χ0v) is 19.9. The molecule has 1 aliphatic heterocycles. The molecule has 1 unspecified atom stereocenters. The maximum absolute atomic E-state index is 13.1. The molecule has 0 spiro atoms. The molecule has 0 radical (unpaired) electrons. The van der Waals surface area contributed by atoms with Crippen molar-refractivity contribution in [2.24, 2.45) is 0 Å². The van der Waals surface area contributed by atoms with Gasteiger partial charge in [0.2, 0.25) is 0 Å². The molecular weight excluding hydrogens is 442 g/mol. The van der Waals surface area contributed by atoms with Gasteiger partial charge in [0, 0.05) is 25.8 Å². The van der Waals surface area contributed by atoms with Crippen LogP contribution in [0.2, 0.25) is 0 Å². The summed E-state index contributed by atoms with van der Waals surface area (Å²) in [5, 5.41) is 11.2. The number of aliphatic hydroxyl groups excluding tert-OH is 1. The first-order valence-corrected chi connectivity index (χ1v) is 10.6. The van der Waals surface area contributed by atoms with Crippen molar-refractivity contribution in [2.45, 2.75) is 12.5 Å². The quantitative estimate of drug-likeness (QED) is 0.244. The fourth-order valence-corrected chi connectivity index (χ4v) is 4.00. The van der Waals surface area contributed by atoms with E-state index in [0.717, 1.165) is 0 Å². The summed E-state index contributed by atoms with van der Waals surface area (Å²) >= 11 is 0. The molecule has 0 saturated carbocycles. The minimum absolute atomic E-state index is 0.0261.